The highest BCUT2D eigenvalue weighted by molar-refractivity contribution is 6.30. The van der Waals surface area contributed by atoms with Crippen molar-refractivity contribution in [1.29, 1.82) is 0 Å². The minimum absolute atomic E-state index is 0.0653. The second-order valence-electron chi connectivity index (χ2n) is 5.74. The van der Waals surface area contributed by atoms with Gasteiger partial charge >= 0.3 is 0 Å². The Hall–Kier alpha value is -2.26. The number of rotatable bonds is 3. The van der Waals surface area contributed by atoms with E-state index in [0.717, 1.165) is 16.7 Å². The van der Waals surface area contributed by atoms with Crippen molar-refractivity contribution in [2.75, 3.05) is 0 Å². The lowest BCUT2D eigenvalue weighted by molar-refractivity contribution is 0.101. The average Bonchev–Trinajstić information content (AvgIpc) is 2.85. The second-order valence-corrected chi connectivity index (χ2v) is 6.18. The predicted molar refractivity (Wildman–Crippen MR) is 90.3 cm³/mol. The van der Waals surface area contributed by atoms with Crippen LogP contribution in [0.4, 0.5) is 0 Å². The topological polar surface area (TPSA) is 35.5 Å². The van der Waals surface area contributed by atoms with Crippen LogP contribution in [0.5, 0.6) is 11.5 Å². The van der Waals surface area contributed by atoms with Crippen molar-refractivity contribution in [3.8, 4) is 11.5 Å². The fourth-order valence-electron chi connectivity index (χ4n) is 2.53. The van der Waals surface area contributed by atoms with Gasteiger partial charge in [0.2, 0.25) is 5.78 Å². The van der Waals surface area contributed by atoms with E-state index in [1.165, 1.54) is 0 Å². The molecule has 0 atom stereocenters. The van der Waals surface area contributed by atoms with Crippen LogP contribution in [0.2, 0.25) is 5.02 Å². The number of hydrogen-bond donors (Lipinski definition) is 0. The van der Waals surface area contributed by atoms with Crippen LogP contribution in [0.15, 0.2) is 47.7 Å². The first-order chi connectivity index (χ1) is 11.0. The van der Waals surface area contributed by atoms with E-state index in [4.69, 9.17) is 21.1 Å². The number of carbonyl (C=O) groups is 1. The van der Waals surface area contributed by atoms with E-state index >= 15 is 0 Å². The molecule has 23 heavy (non-hydrogen) atoms. The zero-order valence-electron chi connectivity index (χ0n) is 13.3. The summed E-state index contributed by atoms with van der Waals surface area (Å²) in [6.45, 7) is 6.03. The van der Waals surface area contributed by atoms with Gasteiger partial charge in [-0.15, -0.1) is 0 Å². The molecule has 0 spiro atoms. The number of fused-ring (bicyclic) bond motifs is 1. The van der Waals surface area contributed by atoms with E-state index in [2.05, 4.69) is 0 Å². The van der Waals surface area contributed by atoms with E-state index in [-0.39, 0.29) is 5.78 Å². The van der Waals surface area contributed by atoms with Crippen molar-refractivity contribution in [3.63, 3.8) is 0 Å². The molecule has 1 aliphatic rings. The average molecular weight is 329 g/mol. The summed E-state index contributed by atoms with van der Waals surface area (Å²) >= 11 is 5.98. The molecule has 1 heterocycles. The standard InChI is InChI=1S/C19H17ClO3/c1-11(2)18-17(21)15-7-8-16(12(3)19(15)23-18)22-10-13-5-4-6-14(20)9-13/h4-9H,10H2,1-3H3. The van der Waals surface area contributed by atoms with Gasteiger partial charge in [0.25, 0.3) is 0 Å². The third kappa shape index (κ3) is 2.97. The number of carbonyl (C=O) groups excluding carboxylic acids is 1. The fourth-order valence-corrected chi connectivity index (χ4v) is 2.74. The number of hydrogen-bond acceptors (Lipinski definition) is 3. The third-order valence-corrected chi connectivity index (χ3v) is 3.98. The smallest absolute Gasteiger partial charge is 0.231 e. The second kappa shape index (κ2) is 6.09. The van der Waals surface area contributed by atoms with Crippen LogP contribution in [0.25, 0.3) is 0 Å². The van der Waals surface area contributed by atoms with Crippen LogP contribution >= 0.6 is 11.6 Å². The summed E-state index contributed by atoms with van der Waals surface area (Å²) in [5.74, 6) is 1.64. The van der Waals surface area contributed by atoms with Gasteiger partial charge in [0.15, 0.2) is 5.76 Å². The SMILES string of the molecule is CC(C)=C1Oc2c(ccc(OCc3cccc(Cl)c3)c2C)C1=O. The molecule has 0 bridgehead atoms. The molecule has 0 N–H and O–H groups in total. The van der Waals surface area contributed by atoms with E-state index in [1.807, 2.05) is 51.1 Å². The van der Waals surface area contributed by atoms with Gasteiger partial charge in [0.1, 0.15) is 18.1 Å². The minimum atomic E-state index is -0.0653. The molecule has 0 saturated heterocycles. The molecule has 3 nitrogen and oxygen atoms in total. The largest absolute Gasteiger partial charge is 0.488 e. The highest BCUT2D eigenvalue weighted by Gasteiger charge is 2.30. The van der Waals surface area contributed by atoms with Crippen molar-refractivity contribution in [2.24, 2.45) is 0 Å². The van der Waals surface area contributed by atoms with E-state index in [0.29, 0.717) is 34.5 Å². The normalized spacial score (nSPS) is 12.9. The summed E-state index contributed by atoms with van der Waals surface area (Å²) in [4.78, 5) is 12.3. The number of ether oxygens (including phenoxy) is 2. The molecule has 3 rings (SSSR count). The highest BCUT2D eigenvalue weighted by Crippen LogP contribution is 2.39. The van der Waals surface area contributed by atoms with Crippen molar-refractivity contribution in [2.45, 2.75) is 27.4 Å². The Balaban J connectivity index is 1.86. The molecule has 0 radical (unpaired) electrons. The number of halogens is 1. The molecule has 0 aliphatic carbocycles. The van der Waals surface area contributed by atoms with Crippen LogP contribution in [-0.2, 0) is 6.61 Å². The van der Waals surface area contributed by atoms with Gasteiger partial charge in [-0.3, -0.25) is 4.79 Å². The minimum Gasteiger partial charge on any atom is -0.488 e. The molecular formula is C19H17ClO3. The molecular weight excluding hydrogens is 312 g/mol. The molecule has 0 aromatic heterocycles. The highest BCUT2D eigenvalue weighted by atomic mass is 35.5. The Morgan fingerprint density at radius 2 is 2.00 bits per heavy atom. The van der Waals surface area contributed by atoms with Gasteiger partial charge < -0.3 is 9.47 Å². The zero-order chi connectivity index (χ0) is 16.6. The Labute approximate surface area is 140 Å². The fraction of sp³-hybridized carbons (Fsp3) is 0.211. The number of Topliss-reactive ketones (excluding diaryl/α,β-unsaturated/α-hetero) is 1. The molecule has 0 unspecified atom stereocenters. The van der Waals surface area contributed by atoms with Gasteiger partial charge in [-0.2, -0.15) is 0 Å². The Kier molecular flexibility index (Phi) is 4.14. The Morgan fingerprint density at radius 3 is 2.70 bits per heavy atom. The van der Waals surface area contributed by atoms with Gasteiger partial charge in [-0.05, 0) is 56.2 Å². The van der Waals surface area contributed by atoms with Crippen LogP contribution in [-0.4, -0.2) is 5.78 Å². The van der Waals surface area contributed by atoms with E-state index in [9.17, 15) is 4.79 Å². The quantitative estimate of drug-likeness (QED) is 0.736. The zero-order valence-corrected chi connectivity index (χ0v) is 14.0. The molecule has 4 heteroatoms. The summed E-state index contributed by atoms with van der Waals surface area (Å²) in [6.07, 6.45) is 0. The van der Waals surface area contributed by atoms with E-state index in [1.54, 1.807) is 6.07 Å². The van der Waals surface area contributed by atoms with Gasteiger partial charge in [0.05, 0.1) is 5.56 Å². The maximum atomic E-state index is 12.3. The van der Waals surface area contributed by atoms with Crippen LogP contribution in [0.1, 0.15) is 35.3 Å². The molecule has 2 aromatic rings. The van der Waals surface area contributed by atoms with Gasteiger partial charge in [-0.25, -0.2) is 0 Å². The van der Waals surface area contributed by atoms with Gasteiger partial charge in [-0.1, -0.05) is 23.7 Å². The molecule has 2 aromatic carbocycles. The summed E-state index contributed by atoms with van der Waals surface area (Å²) < 4.78 is 11.6. The number of benzene rings is 2. The maximum Gasteiger partial charge on any atom is 0.231 e. The first kappa shape index (κ1) is 15.6. The first-order valence-corrected chi connectivity index (χ1v) is 7.76. The lowest BCUT2D eigenvalue weighted by atomic mass is 10.1. The number of ketones is 1. The Morgan fingerprint density at radius 1 is 1.22 bits per heavy atom. The number of allylic oxidation sites excluding steroid dienone is 2. The summed E-state index contributed by atoms with van der Waals surface area (Å²) in [7, 11) is 0. The molecule has 0 saturated carbocycles. The van der Waals surface area contributed by atoms with Crippen molar-refractivity contribution < 1.29 is 14.3 Å². The maximum absolute atomic E-state index is 12.3. The lowest BCUT2D eigenvalue weighted by Crippen LogP contribution is -2.00. The van der Waals surface area contributed by atoms with Crippen molar-refractivity contribution >= 4 is 17.4 Å². The first-order valence-electron chi connectivity index (χ1n) is 7.38. The van der Waals surface area contributed by atoms with Crippen LogP contribution in [0.3, 0.4) is 0 Å². The van der Waals surface area contributed by atoms with Crippen molar-refractivity contribution in [3.05, 3.63) is 69.4 Å². The monoisotopic (exact) mass is 328 g/mol. The summed E-state index contributed by atoms with van der Waals surface area (Å²) in [5.41, 5.74) is 3.27. The predicted octanol–water partition coefficient (Wildman–Crippen LogP) is 5.10. The molecule has 118 valence electrons. The van der Waals surface area contributed by atoms with Gasteiger partial charge in [0, 0.05) is 10.6 Å². The van der Waals surface area contributed by atoms with Crippen LogP contribution in [0, 0.1) is 6.92 Å². The van der Waals surface area contributed by atoms with E-state index < -0.39 is 0 Å². The molecule has 0 amide bonds. The summed E-state index contributed by atoms with van der Waals surface area (Å²) in [6, 6.07) is 11.1. The summed E-state index contributed by atoms with van der Waals surface area (Å²) in [5, 5.41) is 0.680. The van der Waals surface area contributed by atoms with Crippen LogP contribution < -0.4 is 9.47 Å². The lowest BCUT2D eigenvalue weighted by Gasteiger charge is -2.11. The molecule has 1 aliphatic heterocycles. The van der Waals surface area contributed by atoms with Crippen molar-refractivity contribution in [1.82, 2.24) is 0 Å². The molecule has 0 fully saturated rings. The Bertz CT molecular complexity index is 817. The third-order valence-electron chi connectivity index (χ3n) is 3.75.